The molecule has 0 aliphatic heterocycles. The van der Waals surface area contributed by atoms with Crippen molar-refractivity contribution in [2.75, 3.05) is 0 Å². The summed E-state index contributed by atoms with van der Waals surface area (Å²) in [7, 11) is 0. The first-order valence-corrected chi connectivity index (χ1v) is 3.97. The number of rotatable bonds is 0. The summed E-state index contributed by atoms with van der Waals surface area (Å²) in [6.07, 6.45) is 0. The Bertz CT molecular complexity index is 169. The molecule has 0 aliphatic carbocycles. The molecule has 0 aliphatic rings. The van der Waals surface area contributed by atoms with E-state index < -0.39 is 0 Å². The molecule has 0 amide bonds. The van der Waals surface area contributed by atoms with Gasteiger partial charge in [0, 0.05) is 5.02 Å². The molecule has 0 aromatic heterocycles. The van der Waals surface area contributed by atoms with Gasteiger partial charge in [-0.3, -0.25) is 0 Å². The summed E-state index contributed by atoms with van der Waals surface area (Å²) in [6, 6.07) is 9.78. The van der Waals surface area contributed by atoms with Gasteiger partial charge in [0.05, 0.1) is 0 Å². The lowest BCUT2D eigenvalue weighted by Gasteiger charge is -1.81. The largest absolute Gasteiger partial charge is 0.328 e. The highest BCUT2D eigenvalue weighted by Crippen LogP contribution is 2.03. The molecule has 0 unspecified atom stereocenters. The quantitative estimate of drug-likeness (QED) is 0.638. The van der Waals surface area contributed by atoms with Gasteiger partial charge in [0.2, 0.25) is 0 Å². The van der Waals surface area contributed by atoms with E-state index in [-0.39, 0.29) is 0 Å². The molecular weight excluding hydrogens is 158 g/mol. The van der Waals surface area contributed by atoms with Crippen LogP contribution >= 0.6 is 11.6 Å². The summed E-state index contributed by atoms with van der Waals surface area (Å²) in [6.45, 7) is 3.89. The smallest absolute Gasteiger partial charge is 0.0405 e. The molecule has 2 N–H and O–H groups in total. The number of nitrogens with two attached hydrogens (primary N) is 1. The zero-order chi connectivity index (χ0) is 8.69. The SMILES string of the molecule is CC(C)N.Clc1ccccc1. The molecule has 0 saturated carbocycles. The summed E-state index contributed by atoms with van der Waals surface area (Å²) in [5, 5.41) is 0.794. The molecule has 0 atom stereocenters. The lowest BCUT2D eigenvalue weighted by atomic mass is 10.4. The molecule has 1 aromatic carbocycles. The predicted molar refractivity (Wildman–Crippen MR) is 50.8 cm³/mol. The fraction of sp³-hybridized carbons (Fsp3) is 0.333. The third-order valence-corrected chi connectivity index (χ3v) is 0.985. The van der Waals surface area contributed by atoms with E-state index in [1.54, 1.807) is 0 Å². The highest BCUT2D eigenvalue weighted by Gasteiger charge is 1.74. The van der Waals surface area contributed by atoms with Crippen molar-refractivity contribution in [3.63, 3.8) is 0 Å². The van der Waals surface area contributed by atoms with Crippen LogP contribution < -0.4 is 5.73 Å². The summed E-state index contributed by atoms with van der Waals surface area (Å²) < 4.78 is 0. The standard InChI is InChI=1S/C6H5Cl.C3H9N/c7-6-4-2-1-3-5-6;1-3(2)4/h1-5H;3H,4H2,1-2H3. The van der Waals surface area contributed by atoms with Crippen LogP contribution in [0.4, 0.5) is 0 Å². The number of hydrogen-bond acceptors (Lipinski definition) is 1. The third kappa shape index (κ3) is 9.47. The van der Waals surface area contributed by atoms with Gasteiger partial charge in [-0.25, -0.2) is 0 Å². The van der Waals surface area contributed by atoms with Crippen molar-refractivity contribution in [1.29, 1.82) is 0 Å². The van der Waals surface area contributed by atoms with Crippen molar-refractivity contribution in [3.05, 3.63) is 35.4 Å². The second-order valence-electron chi connectivity index (χ2n) is 2.54. The first kappa shape index (κ1) is 10.5. The number of hydrogen-bond donors (Lipinski definition) is 1. The molecule has 0 heterocycles. The minimum atomic E-state index is 0.333. The van der Waals surface area contributed by atoms with E-state index in [0.717, 1.165) is 5.02 Å². The third-order valence-electron chi connectivity index (χ3n) is 0.733. The second kappa shape index (κ2) is 6.20. The Morgan fingerprint density at radius 1 is 1.18 bits per heavy atom. The van der Waals surface area contributed by atoms with Crippen molar-refractivity contribution < 1.29 is 0 Å². The van der Waals surface area contributed by atoms with Gasteiger partial charge in [-0.2, -0.15) is 0 Å². The Kier molecular flexibility index (Phi) is 5.90. The van der Waals surface area contributed by atoms with Gasteiger partial charge in [-0.1, -0.05) is 43.6 Å². The van der Waals surface area contributed by atoms with Gasteiger partial charge in [-0.15, -0.1) is 0 Å². The lowest BCUT2D eigenvalue weighted by molar-refractivity contribution is 0.834. The Hall–Kier alpha value is -0.530. The van der Waals surface area contributed by atoms with E-state index in [2.05, 4.69) is 0 Å². The summed E-state index contributed by atoms with van der Waals surface area (Å²) in [5.74, 6) is 0. The molecule has 2 heteroatoms. The molecule has 11 heavy (non-hydrogen) atoms. The van der Waals surface area contributed by atoms with Crippen molar-refractivity contribution in [3.8, 4) is 0 Å². The fourth-order valence-electron chi connectivity index (χ4n) is 0.415. The van der Waals surface area contributed by atoms with Gasteiger partial charge < -0.3 is 5.73 Å². The molecule has 0 fully saturated rings. The monoisotopic (exact) mass is 171 g/mol. The van der Waals surface area contributed by atoms with Gasteiger partial charge in [-0.05, 0) is 18.2 Å². The van der Waals surface area contributed by atoms with Gasteiger partial charge in [0.25, 0.3) is 0 Å². The number of benzene rings is 1. The lowest BCUT2D eigenvalue weighted by Crippen LogP contribution is -2.06. The molecule has 1 aromatic rings. The van der Waals surface area contributed by atoms with E-state index in [1.807, 2.05) is 44.2 Å². The predicted octanol–water partition coefficient (Wildman–Crippen LogP) is 2.69. The van der Waals surface area contributed by atoms with Crippen LogP contribution in [0.3, 0.4) is 0 Å². The topological polar surface area (TPSA) is 26.0 Å². The maximum atomic E-state index is 5.54. The van der Waals surface area contributed by atoms with E-state index in [1.165, 1.54) is 0 Å². The van der Waals surface area contributed by atoms with E-state index in [9.17, 15) is 0 Å². The van der Waals surface area contributed by atoms with Gasteiger partial charge >= 0.3 is 0 Å². The van der Waals surface area contributed by atoms with Crippen LogP contribution in [0.1, 0.15) is 13.8 Å². The van der Waals surface area contributed by atoms with E-state index in [4.69, 9.17) is 17.3 Å². The molecule has 62 valence electrons. The zero-order valence-electron chi connectivity index (χ0n) is 6.92. The first-order valence-electron chi connectivity index (χ1n) is 3.59. The molecular formula is C9H14ClN. The summed E-state index contributed by atoms with van der Waals surface area (Å²) in [5.41, 5.74) is 5.11. The summed E-state index contributed by atoms with van der Waals surface area (Å²) in [4.78, 5) is 0. The van der Waals surface area contributed by atoms with Gasteiger partial charge in [0.1, 0.15) is 0 Å². The molecule has 1 rings (SSSR count). The second-order valence-corrected chi connectivity index (χ2v) is 2.98. The maximum absolute atomic E-state index is 5.54. The van der Waals surface area contributed by atoms with E-state index >= 15 is 0 Å². The molecule has 1 nitrogen and oxygen atoms in total. The van der Waals surface area contributed by atoms with Crippen molar-refractivity contribution in [2.24, 2.45) is 5.73 Å². The average Bonchev–Trinajstić information content (AvgIpc) is 1.87. The average molecular weight is 172 g/mol. The molecule has 0 spiro atoms. The van der Waals surface area contributed by atoms with Crippen LogP contribution in [-0.4, -0.2) is 6.04 Å². The molecule has 0 bridgehead atoms. The Balaban J connectivity index is 0.000000218. The normalized spacial score (nSPS) is 8.82. The van der Waals surface area contributed by atoms with Crippen LogP contribution in [0.2, 0.25) is 5.02 Å². The minimum Gasteiger partial charge on any atom is -0.328 e. The maximum Gasteiger partial charge on any atom is 0.0405 e. The minimum absolute atomic E-state index is 0.333. The molecule has 0 saturated heterocycles. The van der Waals surface area contributed by atoms with Crippen molar-refractivity contribution >= 4 is 11.6 Å². The highest BCUT2D eigenvalue weighted by molar-refractivity contribution is 6.30. The Labute approximate surface area is 73.2 Å². The molecule has 0 radical (unpaired) electrons. The Morgan fingerprint density at radius 3 is 1.73 bits per heavy atom. The fourth-order valence-corrected chi connectivity index (χ4v) is 0.560. The first-order chi connectivity index (χ1) is 5.13. The van der Waals surface area contributed by atoms with Crippen LogP contribution in [0.15, 0.2) is 30.3 Å². The zero-order valence-corrected chi connectivity index (χ0v) is 7.68. The highest BCUT2D eigenvalue weighted by atomic mass is 35.5. The van der Waals surface area contributed by atoms with Crippen LogP contribution in [-0.2, 0) is 0 Å². The van der Waals surface area contributed by atoms with E-state index in [0.29, 0.717) is 6.04 Å². The Morgan fingerprint density at radius 2 is 1.55 bits per heavy atom. The van der Waals surface area contributed by atoms with Crippen LogP contribution in [0, 0.1) is 0 Å². The van der Waals surface area contributed by atoms with Crippen LogP contribution in [0.5, 0.6) is 0 Å². The summed E-state index contributed by atoms with van der Waals surface area (Å²) >= 11 is 5.54. The number of halogens is 1. The van der Waals surface area contributed by atoms with Crippen LogP contribution in [0.25, 0.3) is 0 Å². The van der Waals surface area contributed by atoms with Crippen molar-refractivity contribution in [1.82, 2.24) is 0 Å². The van der Waals surface area contributed by atoms with Crippen molar-refractivity contribution in [2.45, 2.75) is 19.9 Å². The van der Waals surface area contributed by atoms with Gasteiger partial charge in [0.15, 0.2) is 0 Å².